The third kappa shape index (κ3) is 2.05. The number of aliphatic hydroxyl groups excluding tert-OH is 2. The Morgan fingerprint density at radius 2 is 2.06 bits per heavy atom. The lowest BCUT2D eigenvalue weighted by Crippen LogP contribution is -2.44. The van der Waals surface area contributed by atoms with Gasteiger partial charge in [-0.15, -0.1) is 0 Å². The lowest BCUT2D eigenvalue weighted by atomic mass is 9.83. The number of methoxy groups -OCH3 is 1. The zero-order chi connectivity index (χ0) is 12.2. The number of hydrogen-bond acceptors (Lipinski definition) is 5. The minimum absolute atomic E-state index is 0.440. The first-order valence-electron chi connectivity index (χ1n) is 4.84. The Labute approximate surface area is 93.7 Å². The molecule has 16 heavy (non-hydrogen) atoms. The molecule has 0 aliphatic carbocycles. The number of nitrogens with zero attached hydrogens (tertiary/aromatic N) is 1. The number of hydrogen-bond donors (Lipinski definition) is 2. The van der Waals surface area contributed by atoms with Crippen molar-refractivity contribution in [3.63, 3.8) is 0 Å². The van der Waals surface area contributed by atoms with Crippen LogP contribution >= 0.6 is 0 Å². The summed E-state index contributed by atoms with van der Waals surface area (Å²) in [5.74, 6) is -0.678. The van der Waals surface area contributed by atoms with Crippen molar-refractivity contribution < 1.29 is 19.7 Å². The van der Waals surface area contributed by atoms with Crippen molar-refractivity contribution in [3.8, 4) is 0 Å². The summed E-state index contributed by atoms with van der Waals surface area (Å²) >= 11 is 0. The highest BCUT2D eigenvalue weighted by atomic mass is 16.5. The number of aliphatic hydroxyl groups is 2. The topological polar surface area (TPSA) is 79.7 Å². The summed E-state index contributed by atoms with van der Waals surface area (Å²) in [5.41, 5.74) is -0.205. The van der Waals surface area contributed by atoms with Gasteiger partial charge in [-0.3, -0.25) is 9.78 Å². The summed E-state index contributed by atoms with van der Waals surface area (Å²) in [5, 5.41) is 18.6. The predicted octanol–water partition coefficient (Wildman–Crippen LogP) is -0.215. The van der Waals surface area contributed by atoms with E-state index in [2.05, 4.69) is 9.72 Å². The van der Waals surface area contributed by atoms with Crippen LogP contribution in [0, 0.1) is 6.92 Å². The number of ether oxygens (including phenoxy) is 1. The van der Waals surface area contributed by atoms with Crippen molar-refractivity contribution in [2.24, 2.45) is 0 Å². The van der Waals surface area contributed by atoms with Crippen molar-refractivity contribution >= 4 is 5.97 Å². The van der Waals surface area contributed by atoms with Gasteiger partial charge < -0.3 is 14.9 Å². The average Bonchev–Trinajstić information content (AvgIpc) is 2.33. The highest BCUT2D eigenvalue weighted by Gasteiger charge is 2.40. The quantitative estimate of drug-likeness (QED) is 0.693. The van der Waals surface area contributed by atoms with Crippen LogP contribution in [-0.4, -0.2) is 41.5 Å². The summed E-state index contributed by atoms with van der Waals surface area (Å²) in [6.07, 6.45) is 1.46. The Bertz CT molecular complexity index is 357. The first-order chi connectivity index (χ1) is 7.60. The molecule has 2 N–H and O–H groups in total. The number of rotatable bonds is 4. The number of carbonyl (C=O) groups is 1. The Balaban J connectivity index is 3.20. The number of pyridine rings is 1. The zero-order valence-electron chi connectivity index (χ0n) is 9.30. The summed E-state index contributed by atoms with van der Waals surface area (Å²) in [7, 11) is 1.21. The third-order valence-corrected chi connectivity index (χ3v) is 2.58. The van der Waals surface area contributed by atoms with Gasteiger partial charge in [-0.25, -0.2) is 0 Å². The molecule has 5 heteroatoms. The summed E-state index contributed by atoms with van der Waals surface area (Å²) < 4.78 is 4.60. The molecule has 0 fully saturated rings. The number of aryl methyl sites for hydroxylation is 1. The second-order valence-corrected chi connectivity index (χ2v) is 3.58. The molecule has 1 rings (SSSR count). The number of esters is 1. The van der Waals surface area contributed by atoms with Crippen LogP contribution < -0.4 is 0 Å². The Morgan fingerprint density at radius 1 is 1.44 bits per heavy atom. The molecule has 0 unspecified atom stereocenters. The van der Waals surface area contributed by atoms with Crippen molar-refractivity contribution in [3.05, 3.63) is 29.6 Å². The molecule has 0 radical (unpaired) electrons. The Morgan fingerprint density at radius 3 is 2.44 bits per heavy atom. The van der Waals surface area contributed by atoms with Gasteiger partial charge in [-0.05, 0) is 18.6 Å². The second-order valence-electron chi connectivity index (χ2n) is 3.58. The molecular formula is C11H15NO4. The van der Waals surface area contributed by atoms with Gasteiger partial charge in [0, 0.05) is 11.9 Å². The van der Waals surface area contributed by atoms with Crippen LogP contribution in [0.25, 0.3) is 0 Å². The van der Waals surface area contributed by atoms with E-state index in [-0.39, 0.29) is 0 Å². The molecule has 0 saturated carbocycles. The van der Waals surface area contributed by atoms with Crippen LogP contribution in [0.3, 0.4) is 0 Å². The predicted molar refractivity (Wildman–Crippen MR) is 56.8 cm³/mol. The van der Waals surface area contributed by atoms with Crippen molar-refractivity contribution in [2.75, 3.05) is 20.3 Å². The van der Waals surface area contributed by atoms with Gasteiger partial charge in [-0.1, -0.05) is 6.07 Å². The fourth-order valence-corrected chi connectivity index (χ4v) is 1.43. The molecule has 1 aromatic rings. The van der Waals surface area contributed by atoms with Gasteiger partial charge in [0.05, 0.1) is 20.3 Å². The van der Waals surface area contributed by atoms with Gasteiger partial charge in [0.25, 0.3) is 0 Å². The fourth-order valence-electron chi connectivity index (χ4n) is 1.43. The van der Waals surface area contributed by atoms with Gasteiger partial charge in [0.15, 0.2) is 0 Å². The van der Waals surface area contributed by atoms with E-state index in [0.29, 0.717) is 5.56 Å². The molecule has 0 bridgehead atoms. The summed E-state index contributed by atoms with van der Waals surface area (Å²) in [6, 6.07) is 3.35. The van der Waals surface area contributed by atoms with Crippen LogP contribution in [-0.2, 0) is 14.9 Å². The van der Waals surface area contributed by atoms with E-state index in [4.69, 9.17) is 0 Å². The van der Waals surface area contributed by atoms with Gasteiger partial charge in [0.2, 0.25) is 0 Å². The largest absolute Gasteiger partial charge is 0.468 e. The van der Waals surface area contributed by atoms with Crippen LogP contribution in [0.1, 0.15) is 11.3 Å². The van der Waals surface area contributed by atoms with Crippen LogP contribution in [0.15, 0.2) is 18.3 Å². The third-order valence-electron chi connectivity index (χ3n) is 2.58. The molecular weight excluding hydrogens is 210 g/mol. The minimum atomic E-state index is -1.44. The van der Waals surface area contributed by atoms with E-state index in [1.54, 1.807) is 12.1 Å². The van der Waals surface area contributed by atoms with E-state index in [9.17, 15) is 15.0 Å². The molecule has 0 saturated heterocycles. The molecule has 0 aliphatic heterocycles. The molecule has 88 valence electrons. The van der Waals surface area contributed by atoms with Crippen LogP contribution in [0.2, 0.25) is 0 Å². The first kappa shape index (κ1) is 12.6. The van der Waals surface area contributed by atoms with Gasteiger partial charge >= 0.3 is 5.97 Å². The normalized spacial score (nSPS) is 11.2. The number of aromatic nitrogens is 1. The molecule has 0 spiro atoms. The van der Waals surface area contributed by atoms with E-state index in [1.807, 2.05) is 6.92 Å². The average molecular weight is 225 g/mol. The summed E-state index contributed by atoms with van der Waals surface area (Å²) in [4.78, 5) is 15.6. The maximum atomic E-state index is 11.6. The molecule has 0 amide bonds. The van der Waals surface area contributed by atoms with Crippen molar-refractivity contribution in [1.29, 1.82) is 0 Å². The van der Waals surface area contributed by atoms with E-state index in [0.717, 1.165) is 5.69 Å². The lowest BCUT2D eigenvalue weighted by Gasteiger charge is -2.26. The fraction of sp³-hybridized carbons (Fsp3) is 0.455. The molecule has 0 aromatic carbocycles. The first-order valence-corrected chi connectivity index (χ1v) is 4.84. The lowest BCUT2D eigenvalue weighted by molar-refractivity contribution is -0.151. The molecule has 0 aliphatic rings. The molecule has 1 aromatic heterocycles. The van der Waals surface area contributed by atoms with Crippen molar-refractivity contribution in [1.82, 2.24) is 4.98 Å². The zero-order valence-corrected chi connectivity index (χ0v) is 9.30. The summed E-state index contributed by atoms with van der Waals surface area (Å²) in [6.45, 7) is 0.753. The molecule has 5 nitrogen and oxygen atoms in total. The van der Waals surface area contributed by atoms with Crippen LogP contribution in [0.4, 0.5) is 0 Å². The standard InChI is InChI=1S/C11H15NO4/c1-8-3-4-9(5-12-8)11(6-13,7-14)10(15)16-2/h3-5,13-14H,6-7H2,1-2H3. The van der Waals surface area contributed by atoms with Gasteiger partial charge in [-0.2, -0.15) is 0 Å². The van der Waals surface area contributed by atoms with E-state index >= 15 is 0 Å². The Hall–Kier alpha value is -1.46. The molecule has 0 atom stereocenters. The van der Waals surface area contributed by atoms with E-state index < -0.39 is 24.6 Å². The smallest absolute Gasteiger partial charge is 0.321 e. The van der Waals surface area contributed by atoms with Crippen molar-refractivity contribution in [2.45, 2.75) is 12.3 Å². The minimum Gasteiger partial charge on any atom is -0.468 e. The number of carbonyl (C=O) groups excluding carboxylic acids is 1. The van der Waals surface area contributed by atoms with E-state index in [1.165, 1.54) is 13.3 Å². The maximum Gasteiger partial charge on any atom is 0.321 e. The second kappa shape index (κ2) is 5.05. The highest BCUT2D eigenvalue weighted by Crippen LogP contribution is 2.24. The van der Waals surface area contributed by atoms with Gasteiger partial charge in [0.1, 0.15) is 5.41 Å². The SMILES string of the molecule is COC(=O)C(CO)(CO)c1ccc(C)nc1. The monoisotopic (exact) mass is 225 g/mol. The highest BCUT2D eigenvalue weighted by molar-refractivity contribution is 5.83. The van der Waals surface area contributed by atoms with Crippen LogP contribution in [0.5, 0.6) is 0 Å². The maximum absolute atomic E-state index is 11.6. The Kier molecular flexibility index (Phi) is 3.98. The molecule has 1 heterocycles.